The molecule has 0 saturated carbocycles. The topological polar surface area (TPSA) is 44.7 Å². The molecule has 0 amide bonds. The van der Waals surface area contributed by atoms with E-state index in [1.165, 1.54) is 16.7 Å². The number of nitrogens with zero attached hydrogens (tertiary/aromatic N) is 5. The highest BCUT2D eigenvalue weighted by atomic mass is 16.5. The summed E-state index contributed by atoms with van der Waals surface area (Å²) in [6.07, 6.45) is 5.75. The first-order valence-electron chi connectivity index (χ1n) is 15.4. The molecule has 1 aromatic heterocycles. The van der Waals surface area contributed by atoms with Crippen LogP contribution in [0.2, 0.25) is 0 Å². The zero-order chi connectivity index (χ0) is 28.8. The summed E-state index contributed by atoms with van der Waals surface area (Å²) in [7, 11) is 0. The van der Waals surface area contributed by atoms with Gasteiger partial charge >= 0.3 is 0 Å². The van der Waals surface area contributed by atoms with E-state index in [0.29, 0.717) is 5.92 Å². The van der Waals surface area contributed by atoms with Crippen molar-refractivity contribution >= 4 is 5.95 Å². The van der Waals surface area contributed by atoms with Crippen molar-refractivity contribution in [2.24, 2.45) is 5.92 Å². The lowest BCUT2D eigenvalue weighted by Gasteiger charge is -2.35. The molecule has 3 aromatic carbocycles. The van der Waals surface area contributed by atoms with Gasteiger partial charge in [0.05, 0.1) is 0 Å². The third-order valence-corrected chi connectivity index (χ3v) is 8.17. The lowest BCUT2D eigenvalue weighted by Crippen LogP contribution is -2.47. The van der Waals surface area contributed by atoms with E-state index < -0.39 is 0 Å². The van der Waals surface area contributed by atoms with E-state index in [-0.39, 0.29) is 6.04 Å². The van der Waals surface area contributed by atoms with Crippen molar-refractivity contribution in [1.82, 2.24) is 19.8 Å². The van der Waals surface area contributed by atoms with Crippen LogP contribution in [0, 0.1) is 5.92 Å². The Balaban J connectivity index is 1.12. The normalized spacial score (nSPS) is 15.5. The van der Waals surface area contributed by atoms with Gasteiger partial charge in [-0.3, -0.25) is 9.80 Å². The molecule has 5 rings (SSSR count). The van der Waals surface area contributed by atoms with Crippen molar-refractivity contribution in [3.05, 3.63) is 126 Å². The third kappa shape index (κ3) is 9.21. The van der Waals surface area contributed by atoms with Crippen LogP contribution in [0.5, 0.6) is 0 Å². The third-order valence-electron chi connectivity index (χ3n) is 8.17. The predicted octanol–water partition coefficient (Wildman–Crippen LogP) is 6.48. The maximum Gasteiger partial charge on any atom is 0.225 e. The van der Waals surface area contributed by atoms with Gasteiger partial charge in [0.2, 0.25) is 5.95 Å². The summed E-state index contributed by atoms with van der Waals surface area (Å²) in [6, 6.07) is 34.7. The monoisotopic (exact) mass is 563 g/mol. The molecule has 0 unspecified atom stereocenters. The van der Waals surface area contributed by atoms with Crippen LogP contribution in [0.1, 0.15) is 42.5 Å². The number of aromatic nitrogens is 2. The number of hydrogen-bond donors (Lipinski definition) is 0. The van der Waals surface area contributed by atoms with E-state index in [1.54, 1.807) is 0 Å². The second-order valence-corrected chi connectivity index (χ2v) is 11.4. The van der Waals surface area contributed by atoms with E-state index in [0.717, 1.165) is 77.8 Å². The first-order valence-corrected chi connectivity index (χ1v) is 15.4. The molecule has 4 aromatic rings. The second-order valence-electron chi connectivity index (χ2n) is 11.4. The molecule has 6 heteroatoms. The van der Waals surface area contributed by atoms with Crippen LogP contribution >= 0.6 is 0 Å². The van der Waals surface area contributed by atoms with Crippen LogP contribution in [0.25, 0.3) is 0 Å². The van der Waals surface area contributed by atoms with Crippen molar-refractivity contribution in [1.29, 1.82) is 0 Å². The summed E-state index contributed by atoms with van der Waals surface area (Å²) in [5, 5.41) is 0. The maximum absolute atomic E-state index is 6.34. The first kappa shape index (κ1) is 29.9. The number of anilines is 1. The molecule has 2 atom stereocenters. The fraction of sp³-hybridized carbons (Fsp3) is 0.389. The second kappa shape index (κ2) is 16.2. The Kier molecular flexibility index (Phi) is 11.5. The van der Waals surface area contributed by atoms with Crippen molar-refractivity contribution < 1.29 is 4.74 Å². The number of benzene rings is 3. The molecule has 1 saturated heterocycles. The Morgan fingerprint density at radius 2 is 1.29 bits per heavy atom. The quantitative estimate of drug-likeness (QED) is 0.154. The number of ether oxygens (including phenoxy) is 1. The fourth-order valence-corrected chi connectivity index (χ4v) is 5.74. The van der Waals surface area contributed by atoms with Gasteiger partial charge in [-0.15, -0.1) is 0 Å². The Hall–Kier alpha value is -3.58. The van der Waals surface area contributed by atoms with Crippen molar-refractivity contribution in [3.63, 3.8) is 0 Å². The summed E-state index contributed by atoms with van der Waals surface area (Å²) in [5.74, 6) is 1.37. The zero-order valence-electron chi connectivity index (χ0n) is 25.0. The van der Waals surface area contributed by atoms with Gasteiger partial charge in [0.25, 0.3) is 0 Å². The fourth-order valence-electron chi connectivity index (χ4n) is 5.74. The molecule has 0 radical (unpaired) electrons. The smallest absolute Gasteiger partial charge is 0.225 e. The van der Waals surface area contributed by atoms with Gasteiger partial charge in [0.15, 0.2) is 0 Å². The average Bonchev–Trinajstić information content (AvgIpc) is 3.05. The summed E-state index contributed by atoms with van der Waals surface area (Å²) in [5.41, 5.74) is 4.02. The summed E-state index contributed by atoms with van der Waals surface area (Å²) >= 11 is 0. The summed E-state index contributed by atoms with van der Waals surface area (Å²) in [6.45, 7) is 10.9. The SMILES string of the molecule is C[C@@H](CCN1CCN(c2ncccn2)CC1)COCC[C@H](c1ccccc1)N(Cc1ccccc1)Cc1ccccc1. The lowest BCUT2D eigenvalue weighted by atomic mass is 10.00. The molecule has 2 heterocycles. The van der Waals surface area contributed by atoms with E-state index in [1.807, 2.05) is 18.5 Å². The van der Waals surface area contributed by atoms with Crippen LogP contribution in [-0.4, -0.2) is 65.7 Å². The van der Waals surface area contributed by atoms with Gasteiger partial charge in [-0.2, -0.15) is 0 Å². The minimum Gasteiger partial charge on any atom is -0.381 e. The lowest BCUT2D eigenvalue weighted by molar-refractivity contribution is 0.0682. The van der Waals surface area contributed by atoms with Crippen molar-refractivity contribution in [2.45, 2.75) is 38.9 Å². The van der Waals surface area contributed by atoms with E-state index >= 15 is 0 Å². The Morgan fingerprint density at radius 3 is 1.88 bits per heavy atom. The minimum absolute atomic E-state index is 0.270. The van der Waals surface area contributed by atoms with Crippen molar-refractivity contribution in [3.8, 4) is 0 Å². The van der Waals surface area contributed by atoms with E-state index in [4.69, 9.17) is 4.74 Å². The molecule has 0 bridgehead atoms. The first-order chi connectivity index (χ1) is 20.7. The van der Waals surface area contributed by atoms with E-state index in [2.05, 4.69) is 123 Å². The maximum atomic E-state index is 6.34. The highest BCUT2D eigenvalue weighted by molar-refractivity contribution is 5.29. The number of hydrogen-bond acceptors (Lipinski definition) is 6. The Bertz CT molecular complexity index is 1230. The highest BCUT2D eigenvalue weighted by Crippen LogP contribution is 2.28. The molecule has 1 aliphatic heterocycles. The molecule has 0 aliphatic carbocycles. The van der Waals surface area contributed by atoms with Crippen LogP contribution in [0.4, 0.5) is 5.95 Å². The van der Waals surface area contributed by atoms with Crippen molar-refractivity contribution in [2.75, 3.05) is 50.8 Å². The van der Waals surface area contributed by atoms with Gasteiger partial charge in [-0.25, -0.2) is 9.97 Å². The van der Waals surface area contributed by atoms with Crippen LogP contribution in [-0.2, 0) is 17.8 Å². The van der Waals surface area contributed by atoms with Crippen LogP contribution in [0.3, 0.4) is 0 Å². The minimum atomic E-state index is 0.270. The van der Waals surface area contributed by atoms with Gasteiger partial charge in [-0.05, 0) is 48.1 Å². The predicted molar refractivity (Wildman–Crippen MR) is 171 cm³/mol. The average molecular weight is 564 g/mol. The molecule has 6 nitrogen and oxygen atoms in total. The molecular formula is C36H45N5O. The number of rotatable bonds is 15. The van der Waals surface area contributed by atoms with Gasteiger partial charge in [0, 0.05) is 70.9 Å². The van der Waals surface area contributed by atoms with Gasteiger partial charge < -0.3 is 9.64 Å². The van der Waals surface area contributed by atoms with Gasteiger partial charge in [0.1, 0.15) is 0 Å². The Labute approximate surface area is 252 Å². The highest BCUT2D eigenvalue weighted by Gasteiger charge is 2.22. The molecule has 42 heavy (non-hydrogen) atoms. The molecule has 0 N–H and O–H groups in total. The Morgan fingerprint density at radius 1 is 0.714 bits per heavy atom. The van der Waals surface area contributed by atoms with Crippen LogP contribution in [0.15, 0.2) is 109 Å². The molecule has 220 valence electrons. The van der Waals surface area contributed by atoms with E-state index in [9.17, 15) is 0 Å². The molecule has 1 fully saturated rings. The largest absolute Gasteiger partial charge is 0.381 e. The van der Waals surface area contributed by atoms with Crippen LogP contribution < -0.4 is 4.90 Å². The molecule has 1 aliphatic rings. The standard InChI is InChI=1S/C36H45N5O/c1-31(18-22-39-23-25-40(26-24-39)36-37-20-11-21-38-36)30-42-27-19-35(34-16-9-4-10-17-34)41(28-32-12-5-2-6-13-32)29-33-14-7-3-8-15-33/h2-17,20-21,31,35H,18-19,22-30H2,1H3/t31-,35+/m0/s1. The summed E-state index contributed by atoms with van der Waals surface area (Å²) in [4.78, 5) is 16.3. The van der Waals surface area contributed by atoms with Gasteiger partial charge in [-0.1, -0.05) is 97.9 Å². The zero-order valence-corrected chi connectivity index (χ0v) is 25.0. The summed E-state index contributed by atoms with van der Waals surface area (Å²) < 4.78 is 6.34. The molecule has 0 spiro atoms. The number of piperazine rings is 1. The molecular weight excluding hydrogens is 518 g/mol.